The topological polar surface area (TPSA) is 38.8 Å². The molecule has 1 unspecified atom stereocenters. The van der Waals surface area contributed by atoms with Crippen LogP contribution in [-0.2, 0) is 15.6 Å². The van der Waals surface area contributed by atoms with Crippen molar-refractivity contribution >= 4 is 11.8 Å². The van der Waals surface area contributed by atoms with Gasteiger partial charge in [-0.2, -0.15) is 0 Å². The summed E-state index contributed by atoms with van der Waals surface area (Å²) in [7, 11) is 1.67. The molecule has 0 aliphatic carbocycles. The van der Waals surface area contributed by atoms with Crippen LogP contribution in [0.5, 0.6) is 5.75 Å². The van der Waals surface area contributed by atoms with Crippen LogP contribution in [-0.4, -0.2) is 25.9 Å². The highest BCUT2D eigenvalue weighted by atomic mass is 16.6. The lowest BCUT2D eigenvalue weighted by atomic mass is 9.77. The highest BCUT2D eigenvalue weighted by molar-refractivity contribution is 5.90. The summed E-state index contributed by atoms with van der Waals surface area (Å²) in [6.45, 7) is 15.8. The van der Waals surface area contributed by atoms with E-state index in [2.05, 4.69) is 72.7 Å². The van der Waals surface area contributed by atoms with E-state index in [1.165, 1.54) is 16.7 Å². The molecule has 1 heterocycles. The molecule has 4 nitrogen and oxygen atoms in total. The number of methoxy groups -OCH3 is 1. The quantitative estimate of drug-likeness (QED) is 0.581. The Balaban J connectivity index is 1.81. The zero-order valence-electron chi connectivity index (χ0n) is 19.6. The maximum Gasteiger partial charge on any atom is 0.414 e. The van der Waals surface area contributed by atoms with Gasteiger partial charge in [-0.05, 0) is 59.4 Å². The average Bonchev–Trinajstić information content (AvgIpc) is 3.01. The van der Waals surface area contributed by atoms with Crippen molar-refractivity contribution in [3.8, 4) is 5.75 Å². The molecule has 2 aromatic rings. The van der Waals surface area contributed by atoms with Crippen LogP contribution in [0.4, 0.5) is 10.5 Å². The largest absolute Gasteiger partial charge is 0.496 e. The number of nitrogens with zero attached hydrogens (tertiary/aromatic N) is 1. The first-order chi connectivity index (χ1) is 13.9. The zero-order chi connectivity index (χ0) is 22.3. The normalized spacial score (nSPS) is 17.3. The van der Waals surface area contributed by atoms with Gasteiger partial charge in [0.25, 0.3) is 0 Å². The number of hydrogen-bond acceptors (Lipinski definition) is 3. The molecule has 0 saturated carbocycles. The van der Waals surface area contributed by atoms with E-state index in [-0.39, 0.29) is 23.0 Å². The molecule has 0 spiro atoms. The number of amides is 1. The van der Waals surface area contributed by atoms with Gasteiger partial charge in [0.05, 0.1) is 19.3 Å². The maximum atomic E-state index is 12.7. The van der Waals surface area contributed by atoms with E-state index < -0.39 is 0 Å². The maximum absolute atomic E-state index is 12.7. The monoisotopic (exact) mass is 409 g/mol. The second kappa shape index (κ2) is 7.98. The summed E-state index contributed by atoms with van der Waals surface area (Å²) < 4.78 is 11.4. The zero-order valence-corrected chi connectivity index (χ0v) is 19.6. The van der Waals surface area contributed by atoms with Crippen molar-refractivity contribution < 1.29 is 14.3 Å². The number of hydrogen-bond donors (Lipinski definition) is 0. The van der Waals surface area contributed by atoms with Crippen LogP contribution >= 0.6 is 0 Å². The molecule has 30 heavy (non-hydrogen) atoms. The Morgan fingerprint density at radius 1 is 1.07 bits per heavy atom. The minimum atomic E-state index is -0.290. The summed E-state index contributed by atoms with van der Waals surface area (Å²) in [6, 6.07) is 12.4. The van der Waals surface area contributed by atoms with Gasteiger partial charge >= 0.3 is 6.09 Å². The summed E-state index contributed by atoms with van der Waals surface area (Å²) in [5.74, 6) is 0.798. The molecule has 1 atom stereocenters. The molecular formula is C26H35NO3. The number of aryl methyl sites for hydroxylation is 1. The predicted molar refractivity (Wildman–Crippen MR) is 123 cm³/mol. The number of cyclic esters (lactones) is 1. The van der Waals surface area contributed by atoms with E-state index in [9.17, 15) is 4.79 Å². The SMILES string of the molecule is COc1cc(N2CC(CC(C)(C)c3cccc(C)c3C)OC2=O)ccc1C(C)(C)C. The second-order valence-electron chi connectivity index (χ2n) is 10.1. The van der Waals surface area contributed by atoms with Crippen molar-refractivity contribution in [3.05, 3.63) is 58.7 Å². The lowest BCUT2D eigenvalue weighted by Gasteiger charge is -2.30. The average molecular weight is 410 g/mol. The van der Waals surface area contributed by atoms with E-state index in [0.29, 0.717) is 6.54 Å². The van der Waals surface area contributed by atoms with Crippen LogP contribution in [0.25, 0.3) is 0 Å². The number of rotatable bonds is 5. The molecular weight excluding hydrogens is 374 g/mol. The van der Waals surface area contributed by atoms with Crippen molar-refractivity contribution in [3.63, 3.8) is 0 Å². The molecule has 4 heteroatoms. The molecule has 0 aromatic heterocycles. The lowest BCUT2D eigenvalue weighted by Crippen LogP contribution is -2.29. The Labute approximate surface area is 181 Å². The molecule has 3 rings (SSSR count). The summed E-state index contributed by atoms with van der Waals surface area (Å²) in [6.07, 6.45) is 0.333. The molecule has 1 saturated heterocycles. The molecule has 1 amide bonds. The molecule has 0 N–H and O–H groups in total. The van der Waals surface area contributed by atoms with E-state index >= 15 is 0 Å². The van der Waals surface area contributed by atoms with E-state index in [1.807, 2.05) is 12.1 Å². The second-order valence-corrected chi connectivity index (χ2v) is 10.1. The molecule has 2 aromatic carbocycles. The molecule has 1 fully saturated rings. The first-order valence-corrected chi connectivity index (χ1v) is 10.7. The van der Waals surface area contributed by atoms with Crippen LogP contribution in [0, 0.1) is 13.8 Å². The van der Waals surface area contributed by atoms with Crippen molar-refractivity contribution in [2.45, 2.75) is 71.8 Å². The van der Waals surface area contributed by atoms with Gasteiger partial charge in [0, 0.05) is 6.07 Å². The molecule has 0 radical (unpaired) electrons. The Bertz CT molecular complexity index is 940. The molecule has 162 valence electrons. The number of benzene rings is 2. The van der Waals surface area contributed by atoms with Crippen molar-refractivity contribution in [2.24, 2.45) is 0 Å². The summed E-state index contributed by atoms with van der Waals surface area (Å²) >= 11 is 0. The van der Waals surface area contributed by atoms with Crippen molar-refractivity contribution in [2.75, 3.05) is 18.6 Å². The smallest absolute Gasteiger partial charge is 0.414 e. The Morgan fingerprint density at radius 2 is 1.77 bits per heavy atom. The third-order valence-corrected chi connectivity index (χ3v) is 6.25. The van der Waals surface area contributed by atoms with Crippen LogP contribution in [0.3, 0.4) is 0 Å². The van der Waals surface area contributed by atoms with Crippen molar-refractivity contribution in [1.82, 2.24) is 0 Å². The first-order valence-electron chi connectivity index (χ1n) is 10.7. The van der Waals surface area contributed by atoms with E-state index in [1.54, 1.807) is 12.0 Å². The third-order valence-electron chi connectivity index (χ3n) is 6.25. The summed E-state index contributed by atoms with van der Waals surface area (Å²) in [5.41, 5.74) is 5.72. The van der Waals surface area contributed by atoms with Crippen LogP contribution in [0.15, 0.2) is 36.4 Å². The fourth-order valence-corrected chi connectivity index (χ4v) is 4.47. The summed E-state index contributed by atoms with van der Waals surface area (Å²) in [5, 5.41) is 0. The minimum absolute atomic E-state index is 0.0341. The fraction of sp³-hybridized carbons (Fsp3) is 0.500. The van der Waals surface area contributed by atoms with Gasteiger partial charge in [0.1, 0.15) is 11.9 Å². The van der Waals surface area contributed by atoms with Gasteiger partial charge in [-0.15, -0.1) is 0 Å². The van der Waals surface area contributed by atoms with Crippen LogP contribution in [0.2, 0.25) is 0 Å². The highest BCUT2D eigenvalue weighted by Crippen LogP contribution is 2.38. The molecule has 0 bridgehead atoms. The van der Waals surface area contributed by atoms with Gasteiger partial charge in [-0.3, -0.25) is 4.90 Å². The number of ether oxygens (including phenoxy) is 2. The van der Waals surface area contributed by atoms with Crippen molar-refractivity contribution in [1.29, 1.82) is 0 Å². The predicted octanol–water partition coefficient (Wildman–Crippen LogP) is 6.30. The Morgan fingerprint density at radius 3 is 2.40 bits per heavy atom. The standard InChI is InChI=1S/C26H35NO3/c1-17-10-9-11-21(18(17)2)26(6,7)15-20-16-27(24(28)30-20)19-12-13-22(25(3,4)5)23(14-19)29-8/h9-14,20H,15-16H2,1-8H3. The Hall–Kier alpha value is -2.49. The fourth-order valence-electron chi connectivity index (χ4n) is 4.47. The lowest BCUT2D eigenvalue weighted by molar-refractivity contribution is 0.124. The minimum Gasteiger partial charge on any atom is -0.496 e. The third kappa shape index (κ3) is 4.33. The number of carbonyl (C=O) groups excluding carboxylic acids is 1. The molecule has 1 aliphatic heterocycles. The number of anilines is 1. The Kier molecular flexibility index (Phi) is 5.90. The van der Waals surface area contributed by atoms with E-state index in [0.717, 1.165) is 23.4 Å². The van der Waals surface area contributed by atoms with Gasteiger partial charge in [0.2, 0.25) is 0 Å². The highest BCUT2D eigenvalue weighted by Gasteiger charge is 2.37. The van der Waals surface area contributed by atoms with Gasteiger partial charge in [-0.25, -0.2) is 4.79 Å². The van der Waals surface area contributed by atoms with Gasteiger partial charge in [0.15, 0.2) is 0 Å². The van der Waals surface area contributed by atoms with Crippen LogP contribution in [0.1, 0.15) is 63.3 Å². The first kappa shape index (κ1) is 22.2. The number of carbonyl (C=O) groups is 1. The van der Waals surface area contributed by atoms with Gasteiger partial charge in [-0.1, -0.05) is 58.9 Å². The van der Waals surface area contributed by atoms with Gasteiger partial charge < -0.3 is 9.47 Å². The summed E-state index contributed by atoms with van der Waals surface area (Å²) in [4.78, 5) is 14.4. The van der Waals surface area contributed by atoms with E-state index in [4.69, 9.17) is 9.47 Å². The van der Waals surface area contributed by atoms with Crippen LogP contribution < -0.4 is 9.64 Å². The molecule has 1 aliphatic rings.